The third kappa shape index (κ3) is 5.02. The summed E-state index contributed by atoms with van der Waals surface area (Å²) < 4.78 is 0. The summed E-state index contributed by atoms with van der Waals surface area (Å²) in [6, 6.07) is 17.2. The molecule has 2 aliphatic rings. The summed E-state index contributed by atoms with van der Waals surface area (Å²) >= 11 is 0. The van der Waals surface area contributed by atoms with E-state index in [-0.39, 0.29) is 42.0 Å². The Morgan fingerprint density at radius 3 is 2.32 bits per heavy atom. The molecule has 4 rings (SSSR count). The predicted molar refractivity (Wildman–Crippen MR) is 119 cm³/mol. The third-order valence-corrected chi connectivity index (χ3v) is 6.07. The Hall–Kier alpha value is -3.41. The Bertz CT molecular complexity index is 973. The number of carbonyl (C=O) groups excluding carboxylic acids is 3. The average molecular weight is 418 g/mol. The number of hydrogen-bond acceptors (Lipinski definition) is 3. The van der Waals surface area contributed by atoms with Gasteiger partial charge in [0.2, 0.25) is 11.8 Å². The molecule has 0 radical (unpaired) electrons. The molecule has 1 unspecified atom stereocenters. The van der Waals surface area contributed by atoms with Gasteiger partial charge >= 0.3 is 0 Å². The maximum atomic E-state index is 12.4. The van der Waals surface area contributed by atoms with Crippen molar-refractivity contribution in [3.8, 4) is 0 Å². The van der Waals surface area contributed by atoms with Crippen molar-refractivity contribution in [2.75, 3.05) is 26.2 Å². The topological polar surface area (TPSA) is 78.5 Å². The summed E-state index contributed by atoms with van der Waals surface area (Å²) in [4.78, 5) is 38.7. The van der Waals surface area contributed by atoms with E-state index < -0.39 is 0 Å². The summed E-state index contributed by atoms with van der Waals surface area (Å²) in [5.74, 6) is 0.171. The molecular formula is C25H27N3O3. The molecule has 0 spiro atoms. The molecule has 6 heteroatoms. The molecule has 1 heterocycles. The van der Waals surface area contributed by atoms with Gasteiger partial charge in [0, 0.05) is 31.1 Å². The van der Waals surface area contributed by atoms with E-state index in [9.17, 15) is 14.4 Å². The van der Waals surface area contributed by atoms with Gasteiger partial charge in [-0.1, -0.05) is 60.2 Å². The first kappa shape index (κ1) is 20.8. The van der Waals surface area contributed by atoms with Crippen molar-refractivity contribution in [2.45, 2.75) is 6.92 Å². The number of hydrogen-bond donors (Lipinski definition) is 2. The zero-order valence-electron chi connectivity index (χ0n) is 17.6. The molecule has 1 aliphatic heterocycles. The zero-order valence-corrected chi connectivity index (χ0v) is 17.6. The van der Waals surface area contributed by atoms with E-state index in [4.69, 9.17) is 0 Å². The van der Waals surface area contributed by atoms with Crippen molar-refractivity contribution in [1.29, 1.82) is 0 Å². The Kier molecular flexibility index (Phi) is 6.16. The summed E-state index contributed by atoms with van der Waals surface area (Å²) in [6.45, 7) is 3.60. The van der Waals surface area contributed by atoms with Gasteiger partial charge in [-0.3, -0.25) is 14.4 Å². The van der Waals surface area contributed by atoms with Crippen molar-refractivity contribution in [2.24, 2.45) is 17.8 Å². The van der Waals surface area contributed by atoms with E-state index >= 15 is 0 Å². The summed E-state index contributed by atoms with van der Waals surface area (Å²) in [7, 11) is 0. The Balaban J connectivity index is 1.16. The number of carbonyl (C=O) groups is 3. The molecule has 0 aromatic heterocycles. The molecule has 1 saturated heterocycles. The molecule has 3 amide bonds. The maximum absolute atomic E-state index is 12.4. The minimum Gasteiger partial charge on any atom is -0.352 e. The minimum atomic E-state index is -0.251. The van der Waals surface area contributed by atoms with Gasteiger partial charge in [0.05, 0.1) is 6.54 Å². The summed E-state index contributed by atoms with van der Waals surface area (Å²) in [5, 5.41) is 5.65. The first-order valence-corrected chi connectivity index (χ1v) is 10.6. The monoisotopic (exact) mass is 417 g/mol. The summed E-state index contributed by atoms with van der Waals surface area (Å²) in [5.41, 5.74) is 2.72. The van der Waals surface area contributed by atoms with Crippen molar-refractivity contribution < 1.29 is 14.4 Å². The molecule has 1 saturated carbocycles. The Morgan fingerprint density at radius 2 is 1.65 bits per heavy atom. The van der Waals surface area contributed by atoms with Crippen molar-refractivity contribution in [3.05, 3.63) is 77.4 Å². The van der Waals surface area contributed by atoms with E-state index in [0.29, 0.717) is 25.2 Å². The SMILES string of the molecule is Cc1ccc(C(=O)NCC(=O)N2C[C@@H]3C(C(=O)NC/C=C/c4ccccc4)[C@@H]3C2)cc1. The number of likely N-dealkylation sites (tertiary alicyclic amines) is 1. The van der Waals surface area contributed by atoms with Gasteiger partial charge in [-0.2, -0.15) is 0 Å². The first-order valence-electron chi connectivity index (χ1n) is 10.6. The maximum Gasteiger partial charge on any atom is 0.251 e. The minimum absolute atomic E-state index is 0.00340. The first-order chi connectivity index (χ1) is 15.0. The molecule has 1 aliphatic carbocycles. The van der Waals surface area contributed by atoms with Gasteiger partial charge in [0.1, 0.15) is 0 Å². The Labute approximate surface area is 182 Å². The Morgan fingerprint density at radius 1 is 0.968 bits per heavy atom. The predicted octanol–water partition coefficient (Wildman–Crippen LogP) is 2.26. The molecule has 2 aromatic rings. The number of benzene rings is 2. The fourth-order valence-electron chi connectivity index (χ4n) is 4.23. The number of piperidine rings is 1. The van der Waals surface area contributed by atoms with Crippen molar-refractivity contribution >= 4 is 23.8 Å². The lowest BCUT2D eigenvalue weighted by molar-refractivity contribution is -0.131. The van der Waals surface area contributed by atoms with E-state index in [1.807, 2.05) is 61.5 Å². The average Bonchev–Trinajstić information content (AvgIpc) is 3.29. The van der Waals surface area contributed by atoms with E-state index in [1.54, 1.807) is 17.0 Å². The highest BCUT2D eigenvalue weighted by Gasteiger charge is 2.59. The fourth-order valence-corrected chi connectivity index (χ4v) is 4.23. The standard InChI is InChI=1S/C25H27N3O3/c1-17-9-11-19(12-10-17)24(30)27-14-22(29)28-15-20-21(16-28)23(20)25(31)26-13-5-8-18-6-3-2-4-7-18/h2-12,20-21,23H,13-16H2,1H3,(H,26,31)(H,27,30)/b8-5+/t20-,21+,23?. The quantitative estimate of drug-likeness (QED) is 0.725. The second-order valence-electron chi connectivity index (χ2n) is 8.26. The van der Waals surface area contributed by atoms with Crippen LogP contribution < -0.4 is 10.6 Å². The smallest absolute Gasteiger partial charge is 0.251 e. The van der Waals surface area contributed by atoms with Gasteiger partial charge < -0.3 is 15.5 Å². The van der Waals surface area contributed by atoms with Gasteiger partial charge in [0.25, 0.3) is 5.91 Å². The number of rotatable bonds is 7. The van der Waals surface area contributed by atoms with Crippen LogP contribution in [0.2, 0.25) is 0 Å². The third-order valence-electron chi connectivity index (χ3n) is 6.07. The van der Waals surface area contributed by atoms with Crippen LogP contribution in [0.4, 0.5) is 0 Å². The van der Waals surface area contributed by atoms with Crippen LogP contribution in [0, 0.1) is 24.7 Å². The molecule has 6 nitrogen and oxygen atoms in total. The molecule has 2 fully saturated rings. The molecular weight excluding hydrogens is 390 g/mol. The van der Waals surface area contributed by atoms with Crippen LogP contribution in [-0.2, 0) is 9.59 Å². The van der Waals surface area contributed by atoms with E-state index in [2.05, 4.69) is 10.6 Å². The lowest BCUT2D eigenvalue weighted by Gasteiger charge is -2.20. The molecule has 0 bridgehead atoms. The van der Waals surface area contributed by atoms with Crippen LogP contribution in [0.15, 0.2) is 60.7 Å². The van der Waals surface area contributed by atoms with Crippen molar-refractivity contribution in [3.63, 3.8) is 0 Å². The lowest BCUT2D eigenvalue weighted by atomic mass is 10.1. The molecule has 160 valence electrons. The zero-order chi connectivity index (χ0) is 21.8. The van der Waals surface area contributed by atoms with Crippen molar-refractivity contribution in [1.82, 2.24) is 15.5 Å². The molecule has 2 aromatic carbocycles. The van der Waals surface area contributed by atoms with Crippen LogP contribution in [0.5, 0.6) is 0 Å². The lowest BCUT2D eigenvalue weighted by Crippen LogP contribution is -2.41. The van der Waals surface area contributed by atoms with Crippen LogP contribution in [0.1, 0.15) is 21.5 Å². The number of amides is 3. The van der Waals surface area contributed by atoms with Gasteiger partial charge in [-0.05, 0) is 36.5 Å². The normalized spacial score (nSPS) is 21.6. The highest BCUT2D eigenvalue weighted by atomic mass is 16.2. The van der Waals surface area contributed by atoms with Crippen LogP contribution in [-0.4, -0.2) is 48.8 Å². The number of nitrogens with one attached hydrogen (secondary N) is 2. The highest BCUT2D eigenvalue weighted by molar-refractivity contribution is 5.96. The highest BCUT2D eigenvalue weighted by Crippen LogP contribution is 2.51. The second-order valence-corrected chi connectivity index (χ2v) is 8.26. The van der Waals surface area contributed by atoms with Gasteiger partial charge in [-0.25, -0.2) is 0 Å². The van der Waals surface area contributed by atoms with E-state index in [0.717, 1.165) is 11.1 Å². The van der Waals surface area contributed by atoms with Crippen LogP contribution in [0.3, 0.4) is 0 Å². The number of fused-ring (bicyclic) bond motifs is 1. The second kappa shape index (κ2) is 9.16. The molecule has 31 heavy (non-hydrogen) atoms. The number of aryl methyl sites for hydroxylation is 1. The van der Waals surface area contributed by atoms with E-state index in [1.165, 1.54) is 0 Å². The summed E-state index contributed by atoms with van der Waals surface area (Å²) in [6.07, 6.45) is 3.93. The fraction of sp³-hybridized carbons (Fsp3) is 0.320. The molecule has 2 N–H and O–H groups in total. The van der Waals surface area contributed by atoms with Gasteiger partial charge in [0.15, 0.2) is 0 Å². The largest absolute Gasteiger partial charge is 0.352 e. The van der Waals surface area contributed by atoms with Crippen LogP contribution in [0.25, 0.3) is 6.08 Å². The number of nitrogens with zero attached hydrogens (tertiary/aromatic N) is 1. The molecule has 3 atom stereocenters. The van der Waals surface area contributed by atoms with Gasteiger partial charge in [-0.15, -0.1) is 0 Å². The van der Waals surface area contributed by atoms with Crippen LogP contribution >= 0.6 is 0 Å².